The summed E-state index contributed by atoms with van der Waals surface area (Å²) in [7, 11) is -3.61. The van der Waals surface area contributed by atoms with Gasteiger partial charge < -0.3 is 0 Å². The van der Waals surface area contributed by atoms with Gasteiger partial charge in [-0.3, -0.25) is 13.6 Å². The molecule has 0 radical (unpaired) electrons. The maximum atomic E-state index is 12.3. The fourth-order valence-corrected chi connectivity index (χ4v) is 2.86. The van der Waals surface area contributed by atoms with Gasteiger partial charge in [0.05, 0.1) is 11.2 Å². The highest BCUT2D eigenvalue weighted by atomic mass is 35.5. The molecular formula is C10H22ClO4P. The highest BCUT2D eigenvalue weighted by molar-refractivity contribution is 7.48. The quantitative estimate of drug-likeness (QED) is 0.533. The van der Waals surface area contributed by atoms with Crippen LogP contribution in [0, 0.1) is 0 Å². The van der Waals surface area contributed by atoms with Gasteiger partial charge in [-0.25, -0.2) is 4.57 Å². The average molecular weight is 273 g/mol. The molecule has 0 spiro atoms. The maximum absolute atomic E-state index is 12.3. The van der Waals surface area contributed by atoms with Crippen molar-refractivity contribution in [2.75, 3.05) is 6.07 Å². The summed E-state index contributed by atoms with van der Waals surface area (Å²) in [5.74, 6) is 0. The van der Waals surface area contributed by atoms with E-state index in [1.165, 1.54) is 0 Å². The lowest BCUT2D eigenvalue weighted by molar-refractivity contribution is -0.000161. The summed E-state index contributed by atoms with van der Waals surface area (Å²) in [6.45, 7) is 10.9. The standard InChI is InChI=1S/C10H22ClO4P/c1-7-10(5,6)15-16(12,13-8-11)14-9(2,3)4/h7-8H2,1-6H3. The smallest absolute Gasteiger partial charge is 0.281 e. The zero-order chi connectivity index (χ0) is 13.0. The monoisotopic (exact) mass is 272 g/mol. The van der Waals surface area contributed by atoms with Crippen LogP contribution >= 0.6 is 19.4 Å². The first kappa shape index (κ1) is 16.4. The maximum Gasteiger partial charge on any atom is 0.476 e. The van der Waals surface area contributed by atoms with Crippen LogP contribution in [0.4, 0.5) is 0 Å². The van der Waals surface area contributed by atoms with E-state index in [-0.39, 0.29) is 6.07 Å². The molecule has 0 aromatic heterocycles. The van der Waals surface area contributed by atoms with Crippen molar-refractivity contribution in [3.8, 4) is 0 Å². The molecule has 0 aromatic carbocycles. The molecule has 1 atom stereocenters. The first-order valence-electron chi connectivity index (χ1n) is 5.26. The summed E-state index contributed by atoms with van der Waals surface area (Å²) in [6, 6.07) is -0.229. The van der Waals surface area contributed by atoms with Crippen LogP contribution in [0.2, 0.25) is 0 Å². The largest absolute Gasteiger partial charge is 0.476 e. The molecular weight excluding hydrogens is 251 g/mol. The number of alkyl halides is 1. The predicted molar refractivity (Wildman–Crippen MR) is 65.7 cm³/mol. The van der Waals surface area contributed by atoms with Gasteiger partial charge in [-0.2, -0.15) is 0 Å². The zero-order valence-electron chi connectivity index (χ0n) is 10.9. The molecule has 98 valence electrons. The Balaban J connectivity index is 4.77. The van der Waals surface area contributed by atoms with Crippen LogP contribution in [0.5, 0.6) is 0 Å². The lowest BCUT2D eigenvalue weighted by Gasteiger charge is -2.31. The molecule has 0 heterocycles. The molecule has 0 fully saturated rings. The highest BCUT2D eigenvalue weighted by Crippen LogP contribution is 2.55. The molecule has 0 N–H and O–H groups in total. The topological polar surface area (TPSA) is 44.8 Å². The van der Waals surface area contributed by atoms with E-state index in [0.29, 0.717) is 6.42 Å². The van der Waals surface area contributed by atoms with E-state index in [4.69, 9.17) is 25.2 Å². The summed E-state index contributed by atoms with van der Waals surface area (Å²) >= 11 is 5.43. The molecule has 1 unspecified atom stereocenters. The Morgan fingerprint density at radius 2 is 1.62 bits per heavy atom. The van der Waals surface area contributed by atoms with E-state index in [2.05, 4.69) is 0 Å². The zero-order valence-corrected chi connectivity index (χ0v) is 12.5. The summed E-state index contributed by atoms with van der Waals surface area (Å²) in [5.41, 5.74) is -1.20. The van der Waals surface area contributed by atoms with Gasteiger partial charge in [0.2, 0.25) is 0 Å². The van der Waals surface area contributed by atoms with Crippen LogP contribution in [0.25, 0.3) is 0 Å². The molecule has 4 nitrogen and oxygen atoms in total. The van der Waals surface area contributed by atoms with E-state index in [9.17, 15) is 4.57 Å². The number of phosphoric acid groups is 1. The number of hydrogen-bond donors (Lipinski definition) is 0. The van der Waals surface area contributed by atoms with Crippen LogP contribution in [-0.4, -0.2) is 17.3 Å². The molecule has 16 heavy (non-hydrogen) atoms. The summed E-state index contributed by atoms with van der Waals surface area (Å²) < 4.78 is 27.9. The van der Waals surface area contributed by atoms with Crippen LogP contribution in [0.15, 0.2) is 0 Å². The van der Waals surface area contributed by atoms with Crippen molar-refractivity contribution < 1.29 is 18.1 Å². The molecule has 0 aliphatic carbocycles. The van der Waals surface area contributed by atoms with Crippen molar-refractivity contribution in [3.63, 3.8) is 0 Å². The second kappa shape index (κ2) is 5.83. The van der Waals surface area contributed by atoms with Crippen LogP contribution in [0.1, 0.15) is 48.0 Å². The van der Waals surface area contributed by atoms with Gasteiger partial charge in [0.1, 0.15) is 6.07 Å². The lowest BCUT2D eigenvalue weighted by atomic mass is 10.1. The minimum absolute atomic E-state index is 0.229. The average Bonchev–Trinajstić information content (AvgIpc) is 1.99. The molecule has 6 heteroatoms. The first-order valence-corrected chi connectivity index (χ1v) is 7.25. The molecule has 0 aliphatic rings. The summed E-state index contributed by atoms with van der Waals surface area (Å²) in [6.07, 6.45) is 0.691. The minimum Gasteiger partial charge on any atom is -0.281 e. The Bertz CT molecular complexity index is 260. The Labute approximate surface area is 103 Å². The van der Waals surface area contributed by atoms with Crippen molar-refractivity contribution in [2.45, 2.75) is 59.2 Å². The molecule has 0 aromatic rings. The molecule has 0 bridgehead atoms. The number of rotatable bonds is 6. The second-order valence-electron chi connectivity index (χ2n) is 5.09. The Morgan fingerprint density at radius 3 is 1.94 bits per heavy atom. The van der Waals surface area contributed by atoms with E-state index < -0.39 is 19.0 Å². The van der Waals surface area contributed by atoms with Crippen molar-refractivity contribution in [1.82, 2.24) is 0 Å². The molecule has 0 aliphatic heterocycles. The Hall–Kier alpha value is 0.400. The fourth-order valence-electron chi connectivity index (χ4n) is 0.834. The first-order chi connectivity index (χ1) is 7.04. The van der Waals surface area contributed by atoms with E-state index in [1.54, 1.807) is 20.8 Å². The molecule has 0 saturated heterocycles. The third-order valence-corrected chi connectivity index (χ3v) is 4.00. The Kier molecular flexibility index (Phi) is 5.98. The van der Waals surface area contributed by atoms with Crippen LogP contribution in [-0.2, 0) is 18.1 Å². The van der Waals surface area contributed by atoms with Gasteiger partial charge in [-0.1, -0.05) is 18.5 Å². The van der Waals surface area contributed by atoms with Crippen LogP contribution in [0.3, 0.4) is 0 Å². The van der Waals surface area contributed by atoms with Gasteiger partial charge in [-0.05, 0) is 41.0 Å². The van der Waals surface area contributed by atoms with Gasteiger partial charge in [-0.15, -0.1) is 0 Å². The minimum atomic E-state index is -3.61. The molecule has 0 amide bonds. The van der Waals surface area contributed by atoms with E-state index in [1.807, 2.05) is 20.8 Å². The second-order valence-corrected chi connectivity index (χ2v) is 6.83. The number of phosphoric ester groups is 1. The van der Waals surface area contributed by atoms with Crippen LogP contribution < -0.4 is 0 Å². The van der Waals surface area contributed by atoms with Crippen molar-refractivity contribution in [3.05, 3.63) is 0 Å². The van der Waals surface area contributed by atoms with Crippen molar-refractivity contribution in [1.29, 1.82) is 0 Å². The number of halogens is 1. The lowest BCUT2D eigenvalue weighted by Crippen LogP contribution is -2.26. The van der Waals surface area contributed by atoms with E-state index in [0.717, 1.165) is 0 Å². The van der Waals surface area contributed by atoms with Gasteiger partial charge in [0.25, 0.3) is 0 Å². The van der Waals surface area contributed by atoms with Gasteiger partial charge in [0, 0.05) is 0 Å². The predicted octanol–water partition coefficient (Wildman–Crippen LogP) is 4.33. The van der Waals surface area contributed by atoms with Crippen molar-refractivity contribution in [2.24, 2.45) is 0 Å². The Morgan fingerprint density at radius 1 is 1.12 bits per heavy atom. The van der Waals surface area contributed by atoms with Gasteiger partial charge in [0.15, 0.2) is 0 Å². The SMILES string of the molecule is CCC(C)(C)OP(=O)(OCCl)OC(C)(C)C. The normalized spacial score (nSPS) is 17.2. The third-order valence-electron chi connectivity index (χ3n) is 1.80. The van der Waals surface area contributed by atoms with E-state index >= 15 is 0 Å². The number of hydrogen-bond acceptors (Lipinski definition) is 4. The fraction of sp³-hybridized carbons (Fsp3) is 1.00. The van der Waals surface area contributed by atoms with Gasteiger partial charge >= 0.3 is 7.82 Å². The molecule has 0 saturated carbocycles. The summed E-state index contributed by atoms with van der Waals surface area (Å²) in [4.78, 5) is 0. The third kappa shape index (κ3) is 6.87. The summed E-state index contributed by atoms with van der Waals surface area (Å²) in [5, 5.41) is 0. The van der Waals surface area contributed by atoms with Crippen molar-refractivity contribution >= 4 is 19.4 Å². The molecule has 0 rings (SSSR count). The highest BCUT2D eigenvalue weighted by Gasteiger charge is 2.37.